The molecule has 8 aliphatic rings. The van der Waals surface area contributed by atoms with Crippen molar-refractivity contribution in [2.24, 2.45) is 22.7 Å². The molecule has 1 aromatic rings. The zero-order chi connectivity index (χ0) is 26.3. The van der Waals surface area contributed by atoms with Crippen molar-refractivity contribution in [3.8, 4) is 0 Å². The molecule has 1 aromatic carbocycles. The lowest BCUT2D eigenvalue weighted by Gasteiger charge is -2.54. The summed E-state index contributed by atoms with van der Waals surface area (Å²) in [5, 5.41) is 3.65. The zero-order valence-electron chi connectivity index (χ0n) is 23.0. The van der Waals surface area contributed by atoms with E-state index in [0.29, 0.717) is 17.8 Å². The summed E-state index contributed by atoms with van der Waals surface area (Å²) in [6.45, 7) is 0.884. The van der Waals surface area contributed by atoms with E-state index in [1.165, 1.54) is 51.4 Å². The summed E-state index contributed by atoms with van der Waals surface area (Å²) >= 11 is 0. The Kier molecular flexibility index (Phi) is 5.04. The van der Waals surface area contributed by atoms with Crippen molar-refractivity contribution in [3.63, 3.8) is 0 Å². The Morgan fingerprint density at radius 3 is 2.92 bits per heavy atom. The molecule has 0 radical (unpaired) electrons. The van der Waals surface area contributed by atoms with Crippen LogP contribution < -0.4 is 5.32 Å². The highest BCUT2D eigenvalue weighted by molar-refractivity contribution is 6.03. The quantitative estimate of drug-likeness (QED) is 0.383. The number of ether oxygens (including phenoxy) is 1. The number of hydrogen-bond donors (Lipinski definition) is 1. The summed E-state index contributed by atoms with van der Waals surface area (Å²) in [5.74, 6) is 2.94. The Labute approximate surface area is 237 Å². The number of nitrogens with one attached hydrogen (secondary N) is 1. The molecule has 3 nitrogen and oxygen atoms in total. The van der Waals surface area contributed by atoms with Gasteiger partial charge in [0, 0.05) is 46.6 Å². The van der Waals surface area contributed by atoms with Crippen molar-refractivity contribution in [1.82, 2.24) is 5.32 Å². The Hall–Kier alpha value is -3.59. The summed E-state index contributed by atoms with van der Waals surface area (Å²) in [6, 6.07) is 9.35. The summed E-state index contributed by atoms with van der Waals surface area (Å²) in [5.41, 5.74) is 10.8. The van der Waals surface area contributed by atoms with Gasteiger partial charge in [-0.25, -0.2) is 0 Å². The molecule has 1 N–H and O–H groups in total. The van der Waals surface area contributed by atoms with Crippen LogP contribution in [-0.2, 0) is 10.2 Å². The molecule has 1 fully saturated rings. The Balaban J connectivity index is 1.21. The zero-order valence-corrected chi connectivity index (χ0v) is 23.0. The van der Waals surface area contributed by atoms with Gasteiger partial charge in [0.25, 0.3) is 0 Å². The maximum atomic E-state index is 7.10. The normalized spacial score (nSPS) is 36.3. The first-order valence-electron chi connectivity index (χ1n) is 15.5. The molecular formula is C37H36N2O. The third kappa shape index (κ3) is 3.04. The second kappa shape index (κ2) is 8.70. The molecule has 200 valence electrons. The van der Waals surface area contributed by atoms with E-state index in [1.807, 2.05) is 0 Å². The van der Waals surface area contributed by atoms with Gasteiger partial charge in [0.15, 0.2) is 0 Å². The summed E-state index contributed by atoms with van der Waals surface area (Å²) in [4.78, 5) is 5.48. The number of rotatable bonds is 1. The van der Waals surface area contributed by atoms with Crippen molar-refractivity contribution in [2.45, 2.75) is 62.4 Å². The minimum atomic E-state index is -0.0622. The van der Waals surface area contributed by atoms with E-state index in [-0.39, 0.29) is 17.4 Å². The number of benzene rings is 1. The molecule has 0 aromatic heterocycles. The van der Waals surface area contributed by atoms with Gasteiger partial charge in [-0.1, -0.05) is 78.9 Å². The average Bonchev–Trinajstić information content (AvgIpc) is 3.32. The highest BCUT2D eigenvalue weighted by Gasteiger charge is 2.63. The monoisotopic (exact) mass is 524 g/mol. The van der Waals surface area contributed by atoms with Crippen LogP contribution in [0.3, 0.4) is 0 Å². The van der Waals surface area contributed by atoms with Crippen LogP contribution in [-0.4, -0.2) is 18.4 Å². The Morgan fingerprint density at radius 2 is 1.93 bits per heavy atom. The van der Waals surface area contributed by atoms with E-state index in [4.69, 9.17) is 9.73 Å². The van der Waals surface area contributed by atoms with Gasteiger partial charge in [0.05, 0.1) is 11.4 Å². The first-order valence-corrected chi connectivity index (χ1v) is 15.5. The van der Waals surface area contributed by atoms with Gasteiger partial charge in [-0.15, -0.1) is 0 Å². The lowest BCUT2D eigenvalue weighted by Crippen LogP contribution is -2.53. The molecule has 3 heterocycles. The van der Waals surface area contributed by atoms with Crippen molar-refractivity contribution in [1.29, 1.82) is 0 Å². The van der Waals surface area contributed by atoms with Crippen molar-refractivity contribution in [2.75, 3.05) is 6.54 Å². The molecule has 6 atom stereocenters. The first-order chi connectivity index (χ1) is 19.8. The minimum Gasteiger partial charge on any atom is -0.485 e. The average molecular weight is 525 g/mol. The molecular weight excluding hydrogens is 488 g/mol. The van der Waals surface area contributed by atoms with Crippen LogP contribution in [0.2, 0.25) is 0 Å². The predicted octanol–water partition coefficient (Wildman–Crippen LogP) is 7.66. The second-order valence-electron chi connectivity index (χ2n) is 12.7. The topological polar surface area (TPSA) is 33.6 Å². The standard InChI is InChI=1S/C37H36N2O/c1-3-13-28-25(10-1)26-11-2-4-14-29(26)37(28)30-15-5-6-17-33(30)40-36-27(12-7-16-31(36)37)32-21-20-24-19-18-23-9-8-22-38-34(23)35(24)39-32/h1-3,7-13,15-18,24,26,29,31,36,38H,4-6,14,19-22H2. The van der Waals surface area contributed by atoms with Gasteiger partial charge in [-0.05, 0) is 73.6 Å². The molecule has 6 unspecified atom stereocenters. The largest absolute Gasteiger partial charge is 0.485 e. The highest BCUT2D eigenvalue weighted by atomic mass is 16.5. The maximum Gasteiger partial charge on any atom is 0.133 e. The Morgan fingerprint density at radius 1 is 0.975 bits per heavy atom. The van der Waals surface area contributed by atoms with Crippen LogP contribution in [0.5, 0.6) is 0 Å². The van der Waals surface area contributed by atoms with Crippen LogP contribution in [0, 0.1) is 17.8 Å². The fourth-order valence-corrected chi connectivity index (χ4v) is 9.36. The minimum absolute atomic E-state index is 0.0112. The summed E-state index contributed by atoms with van der Waals surface area (Å²) in [7, 11) is 0. The van der Waals surface area contributed by atoms with Gasteiger partial charge in [-0.2, -0.15) is 0 Å². The van der Waals surface area contributed by atoms with E-state index in [9.17, 15) is 0 Å². The van der Waals surface area contributed by atoms with Gasteiger partial charge in [0.1, 0.15) is 11.9 Å². The SMILES string of the molecule is C1=CC2C(OC3=CCCC=C3C23c2ccccc2C2C=CCCC23)C(C2=NC3=C4NCC=CC4=CCC3CC2)=C1. The van der Waals surface area contributed by atoms with E-state index < -0.39 is 0 Å². The summed E-state index contributed by atoms with van der Waals surface area (Å²) in [6.07, 6.45) is 31.7. The van der Waals surface area contributed by atoms with Crippen molar-refractivity contribution in [3.05, 3.63) is 130 Å². The van der Waals surface area contributed by atoms with Crippen LogP contribution in [0.25, 0.3) is 0 Å². The van der Waals surface area contributed by atoms with Crippen molar-refractivity contribution < 1.29 is 4.74 Å². The lowest BCUT2D eigenvalue weighted by atomic mass is 9.53. The van der Waals surface area contributed by atoms with Gasteiger partial charge < -0.3 is 10.1 Å². The highest BCUT2D eigenvalue weighted by Crippen LogP contribution is 2.66. The van der Waals surface area contributed by atoms with Crippen LogP contribution >= 0.6 is 0 Å². The smallest absolute Gasteiger partial charge is 0.133 e. The second-order valence-corrected chi connectivity index (χ2v) is 12.7. The third-order valence-electron chi connectivity index (χ3n) is 10.9. The fourth-order valence-electron chi connectivity index (χ4n) is 9.36. The van der Waals surface area contributed by atoms with Crippen molar-refractivity contribution >= 4 is 5.71 Å². The molecule has 1 saturated heterocycles. The number of hydrogen-bond acceptors (Lipinski definition) is 3. The molecule has 40 heavy (non-hydrogen) atoms. The molecule has 0 bridgehead atoms. The fraction of sp³-hybridized carbons (Fsp3) is 0.378. The molecule has 0 amide bonds. The number of aliphatic imine (C=N–C) groups is 1. The van der Waals surface area contributed by atoms with Crippen LogP contribution in [0.4, 0.5) is 0 Å². The molecule has 9 rings (SSSR count). The number of fused-ring (bicyclic) bond motifs is 11. The molecule has 0 saturated carbocycles. The van der Waals surface area contributed by atoms with Gasteiger partial charge in [0.2, 0.25) is 0 Å². The lowest BCUT2D eigenvalue weighted by molar-refractivity contribution is 0.0291. The molecule has 3 aliphatic heterocycles. The van der Waals surface area contributed by atoms with E-state index >= 15 is 0 Å². The van der Waals surface area contributed by atoms with Crippen LogP contribution in [0.15, 0.2) is 124 Å². The predicted molar refractivity (Wildman–Crippen MR) is 161 cm³/mol. The molecule has 5 aliphatic carbocycles. The third-order valence-corrected chi connectivity index (χ3v) is 10.9. The number of allylic oxidation sites excluding steroid dienone is 10. The maximum absolute atomic E-state index is 7.10. The van der Waals surface area contributed by atoms with E-state index in [2.05, 4.69) is 90.3 Å². The van der Waals surface area contributed by atoms with E-state index in [0.717, 1.165) is 50.8 Å². The van der Waals surface area contributed by atoms with Gasteiger partial charge in [-0.3, -0.25) is 4.99 Å². The Bertz CT molecular complexity index is 1590. The number of nitrogens with zero attached hydrogens (tertiary/aromatic N) is 1. The first kappa shape index (κ1) is 23.1. The van der Waals surface area contributed by atoms with Crippen LogP contribution in [0.1, 0.15) is 62.0 Å². The summed E-state index contributed by atoms with van der Waals surface area (Å²) < 4.78 is 7.10. The molecule has 1 spiro atoms. The van der Waals surface area contributed by atoms with Gasteiger partial charge >= 0.3 is 0 Å². The van der Waals surface area contributed by atoms with E-state index in [1.54, 1.807) is 0 Å². The molecule has 3 heteroatoms.